The molecule has 138 valence electrons. The SMILES string of the molecule is CCCOc1c(Br)cc(C(=O)OC(C)C(=O)NC(=O)NC)cc1OC. The molecule has 0 saturated heterocycles. The summed E-state index contributed by atoms with van der Waals surface area (Å²) < 4.78 is 16.4. The molecule has 0 saturated carbocycles. The number of carbonyl (C=O) groups is 3. The van der Waals surface area contributed by atoms with Crippen LogP contribution < -0.4 is 20.1 Å². The van der Waals surface area contributed by atoms with Crippen molar-refractivity contribution in [1.82, 2.24) is 10.6 Å². The summed E-state index contributed by atoms with van der Waals surface area (Å²) in [5, 5.41) is 4.27. The van der Waals surface area contributed by atoms with Gasteiger partial charge in [-0.15, -0.1) is 0 Å². The molecule has 2 N–H and O–H groups in total. The van der Waals surface area contributed by atoms with E-state index in [9.17, 15) is 14.4 Å². The van der Waals surface area contributed by atoms with Crippen molar-refractivity contribution in [3.8, 4) is 11.5 Å². The van der Waals surface area contributed by atoms with Crippen LogP contribution in [0.1, 0.15) is 30.6 Å². The normalized spacial score (nSPS) is 11.2. The fourth-order valence-electron chi connectivity index (χ4n) is 1.74. The zero-order chi connectivity index (χ0) is 19.0. The standard InChI is InChI=1S/C16H21BrN2O6/c1-5-6-24-13-11(17)7-10(8-12(13)23-4)15(21)25-9(2)14(20)19-16(22)18-3/h7-9H,5-6H2,1-4H3,(H2,18,19,20,22). The monoisotopic (exact) mass is 416 g/mol. The van der Waals surface area contributed by atoms with Crippen LogP contribution in [0.15, 0.2) is 16.6 Å². The van der Waals surface area contributed by atoms with Crippen LogP contribution in [0.2, 0.25) is 0 Å². The molecule has 0 aliphatic rings. The first kappa shape index (κ1) is 20.8. The highest BCUT2D eigenvalue weighted by Crippen LogP contribution is 2.37. The van der Waals surface area contributed by atoms with Crippen LogP contribution in [0, 0.1) is 0 Å². The van der Waals surface area contributed by atoms with E-state index in [0.29, 0.717) is 22.6 Å². The predicted octanol–water partition coefficient (Wildman–Crippen LogP) is 2.25. The van der Waals surface area contributed by atoms with Gasteiger partial charge in [0.25, 0.3) is 5.91 Å². The Bertz CT molecular complexity index is 650. The quantitative estimate of drug-likeness (QED) is 0.660. The summed E-state index contributed by atoms with van der Waals surface area (Å²) in [4.78, 5) is 35.1. The fourth-order valence-corrected chi connectivity index (χ4v) is 2.30. The van der Waals surface area contributed by atoms with E-state index in [1.807, 2.05) is 12.2 Å². The molecule has 25 heavy (non-hydrogen) atoms. The Kier molecular flexibility index (Phi) is 8.20. The number of benzene rings is 1. The highest BCUT2D eigenvalue weighted by molar-refractivity contribution is 9.10. The van der Waals surface area contributed by atoms with Crippen molar-refractivity contribution < 1.29 is 28.6 Å². The second kappa shape index (κ2) is 9.87. The van der Waals surface area contributed by atoms with Gasteiger partial charge in [0, 0.05) is 7.05 Å². The number of halogens is 1. The number of nitrogens with one attached hydrogen (secondary N) is 2. The Hall–Kier alpha value is -2.29. The summed E-state index contributed by atoms with van der Waals surface area (Å²) >= 11 is 3.33. The molecular weight excluding hydrogens is 396 g/mol. The lowest BCUT2D eigenvalue weighted by atomic mass is 10.2. The van der Waals surface area contributed by atoms with Crippen molar-refractivity contribution in [2.45, 2.75) is 26.4 Å². The van der Waals surface area contributed by atoms with Gasteiger partial charge in [-0.1, -0.05) is 6.92 Å². The summed E-state index contributed by atoms with van der Waals surface area (Å²) in [5.41, 5.74) is 0.173. The van der Waals surface area contributed by atoms with Crippen molar-refractivity contribution in [1.29, 1.82) is 0 Å². The van der Waals surface area contributed by atoms with Gasteiger partial charge in [-0.3, -0.25) is 10.1 Å². The first-order valence-corrected chi connectivity index (χ1v) is 8.37. The third-order valence-electron chi connectivity index (χ3n) is 3.03. The minimum Gasteiger partial charge on any atom is -0.493 e. The Balaban J connectivity index is 2.89. The molecular formula is C16H21BrN2O6. The number of methoxy groups -OCH3 is 1. The van der Waals surface area contributed by atoms with Gasteiger partial charge in [0.2, 0.25) is 0 Å². The maximum Gasteiger partial charge on any atom is 0.339 e. The summed E-state index contributed by atoms with van der Waals surface area (Å²) in [7, 11) is 2.82. The molecule has 1 aromatic carbocycles. The molecule has 0 spiro atoms. The topological polar surface area (TPSA) is 103 Å². The van der Waals surface area contributed by atoms with E-state index in [2.05, 4.69) is 21.2 Å². The molecule has 1 rings (SSSR count). The number of hydrogen-bond donors (Lipinski definition) is 2. The van der Waals surface area contributed by atoms with Crippen molar-refractivity contribution >= 4 is 33.8 Å². The van der Waals surface area contributed by atoms with E-state index in [-0.39, 0.29) is 5.56 Å². The van der Waals surface area contributed by atoms with E-state index in [4.69, 9.17) is 14.2 Å². The van der Waals surface area contributed by atoms with Crippen LogP contribution in [-0.4, -0.2) is 44.8 Å². The molecule has 0 heterocycles. The van der Waals surface area contributed by atoms with E-state index >= 15 is 0 Å². The zero-order valence-corrected chi connectivity index (χ0v) is 16.1. The number of urea groups is 1. The third-order valence-corrected chi connectivity index (χ3v) is 3.62. The summed E-state index contributed by atoms with van der Waals surface area (Å²) in [6, 6.07) is 2.29. The van der Waals surface area contributed by atoms with E-state index < -0.39 is 24.0 Å². The first-order valence-electron chi connectivity index (χ1n) is 7.57. The zero-order valence-electron chi connectivity index (χ0n) is 14.5. The Labute approximate surface area is 154 Å². The van der Waals surface area contributed by atoms with Crippen molar-refractivity contribution in [3.05, 3.63) is 22.2 Å². The molecule has 0 aliphatic heterocycles. The van der Waals surface area contributed by atoms with Crippen molar-refractivity contribution in [2.75, 3.05) is 20.8 Å². The van der Waals surface area contributed by atoms with Crippen LogP contribution in [0.25, 0.3) is 0 Å². The highest BCUT2D eigenvalue weighted by atomic mass is 79.9. The van der Waals surface area contributed by atoms with Crippen LogP contribution in [0.3, 0.4) is 0 Å². The number of imide groups is 1. The van der Waals surface area contributed by atoms with E-state index in [0.717, 1.165) is 6.42 Å². The molecule has 1 atom stereocenters. The van der Waals surface area contributed by atoms with Crippen LogP contribution >= 0.6 is 15.9 Å². The smallest absolute Gasteiger partial charge is 0.339 e. The molecule has 0 aromatic heterocycles. The molecule has 0 fully saturated rings. The lowest BCUT2D eigenvalue weighted by Crippen LogP contribution is -2.43. The Morgan fingerprint density at radius 3 is 2.52 bits per heavy atom. The van der Waals surface area contributed by atoms with Crippen LogP contribution in [0.4, 0.5) is 4.79 Å². The lowest BCUT2D eigenvalue weighted by molar-refractivity contribution is -0.127. The molecule has 0 radical (unpaired) electrons. The number of carbonyl (C=O) groups excluding carboxylic acids is 3. The second-order valence-corrected chi connectivity index (χ2v) is 5.81. The summed E-state index contributed by atoms with van der Waals surface area (Å²) in [6.45, 7) is 3.83. The first-order chi connectivity index (χ1) is 11.8. The molecule has 0 bridgehead atoms. The largest absolute Gasteiger partial charge is 0.493 e. The number of amides is 3. The maximum absolute atomic E-state index is 12.2. The Morgan fingerprint density at radius 1 is 1.28 bits per heavy atom. The predicted molar refractivity (Wildman–Crippen MR) is 94.0 cm³/mol. The van der Waals surface area contributed by atoms with Gasteiger partial charge in [-0.05, 0) is 41.4 Å². The molecule has 1 unspecified atom stereocenters. The molecule has 8 nitrogen and oxygen atoms in total. The number of esters is 1. The molecule has 9 heteroatoms. The van der Waals surface area contributed by atoms with Gasteiger partial charge in [0.1, 0.15) is 0 Å². The van der Waals surface area contributed by atoms with Gasteiger partial charge < -0.3 is 19.5 Å². The van der Waals surface area contributed by atoms with Gasteiger partial charge in [-0.25, -0.2) is 9.59 Å². The minimum absolute atomic E-state index is 0.173. The number of ether oxygens (including phenoxy) is 3. The summed E-state index contributed by atoms with van der Waals surface area (Å²) in [6.07, 6.45) is -0.331. The Morgan fingerprint density at radius 2 is 1.96 bits per heavy atom. The van der Waals surface area contributed by atoms with Crippen LogP contribution in [0.5, 0.6) is 11.5 Å². The van der Waals surface area contributed by atoms with E-state index in [1.54, 1.807) is 0 Å². The van der Waals surface area contributed by atoms with Gasteiger partial charge in [0.05, 0.1) is 23.8 Å². The van der Waals surface area contributed by atoms with Gasteiger partial charge >= 0.3 is 12.0 Å². The number of rotatable bonds is 7. The average Bonchev–Trinajstić information content (AvgIpc) is 2.59. The summed E-state index contributed by atoms with van der Waals surface area (Å²) in [5.74, 6) is -0.634. The van der Waals surface area contributed by atoms with E-state index in [1.165, 1.54) is 33.2 Å². The fraction of sp³-hybridized carbons (Fsp3) is 0.438. The van der Waals surface area contributed by atoms with Gasteiger partial charge in [-0.2, -0.15) is 0 Å². The van der Waals surface area contributed by atoms with Gasteiger partial charge in [0.15, 0.2) is 17.6 Å². The number of hydrogen-bond acceptors (Lipinski definition) is 6. The lowest BCUT2D eigenvalue weighted by Gasteiger charge is -2.15. The van der Waals surface area contributed by atoms with Crippen molar-refractivity contribution in [2.24, 2.45) is 0 Å². The second-order valence-electron chi connectivity index (χ2n) is 4.95. The maximum atomic E-state index is 12.2. The van der Waals surface area contributed by atoms with Crippen LogP contribution in [-0.2, 0) is 9.53 Å². The highest BCUT2D eigenvalue weighted by Gasteiger charge is 2.22. The van der Waals surface area contributed by atoms with Crippen molar-refractivity contribution in [3.63, 3.8) is 0 Å². The molecule has 1 aromatic rings. The average molecular weight is 417 g/mol. The molecule has 3 amide bonds. The minimum atomic E-state index is -1.15. The third kappa shape index (κ3) is 5.93. The molecule has 0 aliphatic carbocycles.